The number of amides is 1. The van der Waals surface area contributed by atoms with Crippen LogP contribution in [0.2, 0.25) is 0 Å². The Morgan fingerprint density at radius 1 is 1.25 bits per heavy atom. The molecular formula is C14H20N2O4. The fourth-order valence-corrected chi connectivity index (χ4v) is 2.28. The summed E-state index contributed by atoms with van der Waals surface area (Å²) in [6.45, 7) is 1.42. The van der Waals surface area contributed by atoms with Crippen molar-refractivity contribution in [1.82, 2.24) is 10.6 Å². The van der Waals surface area contributed by atoms with E-state index >= 15 is 0 Å². The number of methoxy groups -OCH3 is 3. The Bertz CT molecular complexity index is 478. The fourth-order valence-electron chi connectivity index (χ4n) is 2.28. The molecular weight excluding hydrogens is 260 g/mol. The number of hydrogen-bond donors (Lipinski definition) is 2. The molecule has 110 valence electrons. The molecule has 1 aromatic rings. The van der Waals surface area contributed by atoms with Gasteiger partial charge in [-0.3, -0.25) is 4.79 Å². The number of benzene rings is 1. The lowest BCUT2D eigenvalue weighted by atomic mass is 10.1. The molecule has 0 spiro atoms. The molecule has 1 heterocycles. The van der Waals surface area contributed by atoms with E-state index in [4.69, 9.17) is 14.2 Å². The van der Waals surface area contributed by atoms with E-state index in [1.165, 1.54) is 7.11 Å². The number of carbonyl (C=O) groups is 1. The van der Waals surface area contributed by atoms with Gasteiger partial charge in [0.1, 0.15) is 11.5 Å². The van der Waals surface area contributed by atoms with Crippen molar-refractivity contribution in [1.29, 1.82) is 0 Å². The zero-order chi connectivity index (χ0) is 14.5. The molecule has 0 aliphatic carbocycles. The van der Waals surface area contributed by atoms with Gasteiger partial charge < -0.3 is 24.8 Å². The number of nitrogens with one attached hydrogen (secondary N) is 2. The number of carbonyl (C=O) groups excluding carboxylic acids is 1. The van der Waals surface area contributed by atoms with Crippen molar-refractivity contribution in [2.45, 2.75) is 12.1 Å². The van der Waals surface area contributed by atoms with Crippen molar-refractivity contribution in [3.8, 4) is 11.5 Å². The van der Waals surface area contributed by atoms with Crippen LogP contribution in [0.5, 0.6) is 11.5 Å². The van der Waals surface area contributed by atoms with E-state index in [0.29, 0.717) is 23.6 Å². The molecule has 0 bridgehead atoms. The van der Waals surface area contributed by atoms with Gasteiger partial charge in [-0.15, -0.1) is 0 Å². The Labute approximate surface area is 118 Å². The summed E-state index contributed by atoms with van der Waals surface area (Å²) in [6.07, 6.45) is -0.0180. The molecule has 1 saturated heterocycles. The first-order valence-electron chi connectivity index (χ1n) is 6.46. The van der Waals surface area contributed by atoms with E-state index in [2.05, 4.69) is 10.6 Å². The Hall–Kier alpha value is -1.79. The maximum atomic E-state index is 12.4. The molecule has 20 heavy (non-hydrogen) atoms. The van der Waals surface area contributed by atoms with E-state index in [9.17, 15) is 4.79 Å². The van der Waals surface area contributed by atoms with Gasteiger partial charge in [-0.25, -0.2) is 0 Å². The summed E-state index contributed by atoms with van der Waals surface area (Å²) >= 11 is 0. The van der Waals surface area contributed by atoms with Crippen LogP contribution in [0.25, 0.3) is 0 Å². The van der Waals surface area contributed by atoms with Crippen LogP contribution < -0.4 is 20.1 Å². The van der Waals surface area contributed by atoms with Gasteiger partial charge >= 0.3 is 0 Å². The first-order valence-corrected chi connectivity index (χ1v) is 6.46. The van der Waals surface area contributed by atoms with E-state index in [1.807, 2.05) is 0 Å². The number of ether oxygens (including phenoxy) is 3. The molecule has 1 aliphatic heterocycles. The first-order chi connectivity index (χ1) is 9.69. The summed E-state index contributed by atoms with van der Waals surface area (Å²) in [4.78, 5) is 12.4. The van der Waals surface area contributed by atoms with Crippen molar-refractivity contribution in [2.24, 2.45) is 0 Å². The molecule has 1 aromatic carbocycles. The van der Waals surface area contributed by atoms with Crippen LogP contribution in [0.15, 0.2) is 18.2 Å². The molecule has 0 saturated carbocycles. The Kier molecular flexibility index (Phi) is 4.81. The lowest BCUT2D eigenvalue weighted by Gasteiger charge is -2.19. The van der Waals surface area contributed by atoms with Gasteiger partial charge in [-0.2, -0.15) is 0 Å². The van der Waals surface area contributed by atoms with Gasteiger partial charge in [0.25, 0.3) is 5.91 Å². The SMILES string of the molecule is COc1ccc(OC)c(C(=O)NC2CNC[C@@H]2OC)c1. The van der Waals surface area contributed by atoms with Gasteiger partial charge in [0.15, 0.2) is 0 Å². The maximum absolute atomic E-state index is 12.4. The lowest BCUT2D eigenvalue weighted by Crippen LogP contribution is -2.43. The third kappa shape index (κ3) is 3.02. The van der Waals surface area contributed by atoms with E-state index in [1.54, 1.807) is 32.4 Å². The standard InChI is InChI=1S/C14H20N2O4/c1-18-9-4-5-12(19-2)10(6-9)14(17)16-11-7-15-8-13(11)20-3/h4-6,11,13,15H,7-8H2,1-3H3,(H,16,17)/t11?,13-/m0/s1. The van der Waals surface area contributed by atoms with Crippen LogP contribution in [-0.4, -0.2) is 52.5 Å². The minimum Gasteiger partial charge on any atom is -0.497 e. The van der Waals surface area contributed by atoms with Crippen LogP contribution >= 0.6 is 0 Å². The highest BCUT2D eigenvalue weighted by Gasteiger charge is 2.29. The third-order valence-corrected chi connectivity index (χ3v) is 3.43. The van der Waals surface area contributed by atoms with Gasteiger partial charge in [-0.1, -0.05) is 0 Å². The summed E-state index contributed by atoms with van der Waals surface area (Å²) in [6, 6.07) is 5.08. The van der Waals surface area contributed by atoms with Crippen LogP contribution in [0, 0.1) is 0 Å². The highest BCUT2D eigenvalue weighted by molar-refractivity contribution is 5.97. The highest BCUT2D eigenvalue weighted by atomic mass is 16.5. The monoisotopic (exact) mass is 280 g/mol. The molecule has 2 rings (SSSR count). The van der Waals surface area contributed by atoms with Crippen molar-refractivity contribution >= 4 is 5.91 Å². The molecule has 2 atom stereocenters. The van der Waals surface area contributed by atoms with Gasteiger partial charge in [0.05, 0.1) is 31.9 Å². The van der Waals surface area contributed by atoms with Crippen LogP contribution in [0.1, 0.15) is 10.4 Å². The van der Waals surface area contributed by atoms with Crippen molar-refractivity contribution in [3.63, 3.8) is 0 Å². The summed E-state index contributed by atoms with van der Waals surface area (Å²) < 4.78 is 15.7. The van der Waals surface area contributed by atoms with Crippen LogP contribution in [0.4, 0.5) is 0 Å². The van der Waals surface area contributed by atoms with Crippen molar-refractivity contribution in [2.75, 3.05) is 34.4 Å². The first kappa shape index (κ1) is 14.6. The number of hydrogen-bond acceptors (Lipinski definition) is 5. The molecule has 6 nitrogen and oxygen atoms in total. The number of rotatable bonds is 5. The normalized spacial score (nSPS) is 21.6. The average molecular weight is 280 g/mol. The second-order valence-electron chi connectivity index (χ2n) is 4.58. The summed E-state index contributed by atoms with van der Waals surface area (Å²) in [5, 5.41) is 6.15. The summed E-state index contributed by atoms with van der Waals surface area (Å²) in [5.41, 5.74) is 0.452. The largest absolute Gasteiger partial charge is 0.497 e. The Balaban J connectivity index is 2.15. The molecule has 1 unspecified atom stereocenters. The zero-order valence-corrected chi connectivity index (χ0v) is 11.9. The highest BCUT2D eigenvalue weighted by Crippen LogP contribution is 2.24. The summed E-state index contributed by atoms with van der Waals surface area (Å²) in [7, 11) is 4.74. The minimum atomic E-state index is -0.198. The van der Waals surface area contributed by atoms with Crippen LogP contribution in [0.3, 0.4) is 0 Å². The molecule has 2 N–H and O–H groups in total. The van der Waals surface area contributed by atoms with Crippen molar-refractivity contribution < 1.29 is 19.0 Å². The van der Waals surface area contributed by atoms with Gasteiger partial charge in [0, 0.05) is 20.2 Å². The predicted molar refractivity (Wildman–Crippen MR) is 74.5 cm³/mol. The minimum absolute atomic E-state index is 0.0180. The molecule has 6 heteroatoms. The maximum Gasteiger partial charge on any atom is 0.255 e. The van der Waals surface area contributed by atoms with E-state index in [-0.39, 0.29) is 18.1 Å². The molecule has 1 amide bonds. The van der Waals surface area contributed by atoms with Gasteiger partial charge in [0.2, 0.25) is 0 Å². The second kappa shape index (κ2) is 6.58. The van der Waals surface area contributed by atoms with Gasteiger partial charge in [-0.05, 0) is 18.2 Å². The Morgan fingerprint density at radius 2 is 2.05 bits per heavy atom. The smallest absolute Gasteiger partial charge is 0.255 e. The zero-order valence-electron chi connectivity index (χ0n) is 11.9. The molecule has 0 radical (unpaired) electrons. The predicted octanol–water partition coefficient (Wildman–Crippen LogP) is 0.420. The topological polar surface area (TPSA) is 68.8 Å². The lowest BCUT2D eigenvalue weighted by molar-refractivity contribution is 0.0777. The Morgan fingerprint density at radius 3 is 2.70 bits per heavy atom. The van der Waals surface area contributed by atoms with E-state index < -0.39 is 0 Å². The second-order valence-corrected chi connectivity index (χ2v) is 4.58. The quantitative estimate of drug-likeness (QED) is 0.818. The fraction of sp³-hybridized carbons (Fsp3) is 0.500. The average Bonchev–Trinajstić information content (AvgIpc) is 2.93. The van der Waals surface area contributed by atoms with Crippen molar-refractivity contribution in [3.05, 3.63) is 23.8 Å². The molecule has 1 aliphatic rings. The van der Waals surface area contributed by atoms with E-state index in [0.717, 1.165) is 6.54 Å². The third-order valence-electron chi connectivity index (χ3n) is 3.43. The molecule has 0 aromatic heterocycles. The van der Waals surface area contributed by atoms with Crippen LogP contribution in [-0.2, 0) is 4.74 Å². The molecule has 1 fully saturated rings. The summed E-state index contributed by atoms with van der Waals surface area (Å²) in [5.74, 6) is 0.934.